The van der Waals surface area contributed by atoms with Gasteiger partial charge in [0.1, 0.15) is 0 Å². The molecule has 270 valence electrons. The summed E-state index contributed by atoms with van der Waals surface area (Å²) in [7, 11) is 0. The molecule has 2 aliphatic rings. The maximum Gasteiger partial charge on any atom is 0.0713 e. The third-order valence-electron chi connectivity index (χ3n) is 12.9. The minimum atomic E-state index is -0.376. The Labute approximate surface area is 332 Å². The Kier molecular flexibility index (Phi) is 8.08. The zero-order valence-electron chi connectivity index (χ0n) is 32.7. The van der Waals surface area contributed by atoms with Gasteiger partial charge in [0.05, 0.1) is 10.8 Å². The second-order valence-electron chi connectivity index (χ2n) is 16.3. The highest BCUT2D eigenvalue weighted by Gasteiger charge is 2.47. The summed E-state index contributed by atoms with van der Waals surface area (Å²) < 4.78 is 0. The molecule has 0 fully saturated rings. The predicted octanol–water partition coefficient (Wildman–Crippen LogP) is 13.4. The second kappa shape index (κ2) is 13.2. The van der Waals surface area contributed by atoms with E-state index in [0.29, 0.717) is 0 Å². The monoisotopic (exact) mass is 718 g/mol. The van der Waals surface area contributed by atoms with Gasteiger partial charge >= 0.3 is 0 Å². The Morgan fingerprint density at radius 1 is 0.321 bits per heavy atom. The van der Waals surface area contributed by atoms with Crippen molar-refractivity contribution in [1.29, 1.82) is 0 Å². The zero-order valence-corrected chi connectivity index (χ0v) is 32.7. The lowest BCUT2D eigenvalue weighted by Crippen LogP contribution is -2.28. The second-order valence-corrected chi connectivity index (χ2v) is 16.3. The molecule has 10 rings (SSSR count). The standard InChI is InChI=1S/C56H46/c1-37-16-27-43(28-17-37)55(44-29-18-38(2)19-30-44)50-13-7-5-11-47(50)49-36-42(26-35-52(49)55)23-22-41-24-33-46(34-25-41)56(45-31-20-39(3)21-32-45)51-14-8-6-12-48(51)54-40(4)10-9-15-53(54)56/h5-21,24-36H,22-23H2,1-4H3. The molecule has 2 aliphatic carbocycles. The minimum absolute atomic E-state index is 0.370. The third kappa shape index (κ3) is 5.05. The first-order chi connectivity index (χ1) is 27.4. The molecule has 0 aliphatic heterocycles. The summed E-state index contributed by atoms with van der Waals surface area (Å²) in [5.41, 5.74) is 23.3. The number of rotatable bonds is 7. The van der Waals surface area contributed by atoms with Crippen LogP contribution in [0.1, 0.15) is 77.9 Å². The lowest BCUT2D eigenvalue weighted by molar-refractivity contribution is 0.765. The highest BCUT2D eigenvalue weighted by Crippen LogP contribution is 2.58. The van der Waals surface area contributed by atoms with Crippen LogP contribution < -0.4 is 0 Å². The van der Waals surface area contributed by atoms with Crippen LogP contribution in [0.3, 0.4) is 0 Å². The Morgan fingerprint density at radius 3 is 1.30 bits per heavy atom. The molecular formula is C56H46. The summed E-state index contributed by atoms with van der Waals surface area (Å²) in [5.74, 6) is 0. The molecule has 0 amide bonds. The average Bonchev–Trinajstić information content (AvgIpc) is 3.70. The van der Waals surface area contributed by atoms with Crippen molar-refractivity contribution >= 4 is 0 Å². The van der Waals surface area contributed by atoms with E-state index in [1.807, 2.05) is 0 Å². The highest BCUT2D eigenvalue weighted by atomic mass is 14.5. The van der Waals surface area contributed by atoms with E-state index in [4.69, 9.17) is 0 Å². The van der Waals surface area contributed by atoms with Gasteiger partial charge in [-0.25, -0.2) is 0 Å². The van der Waals surface area contributed by atoms with Gasteiger partial charge in [-0.3, -0.25) is 0 Å². The normalized spacial score (nSPS) is 15.9. The molecule has 0 saturated heterocycles. The van der Waals surface area contributed by atoms with E-state index < -0.39 is 0 Å². The quantitative estimate of drug-likeness (QED) is 0.154. The smallest absolute Gasteiger partial charge is 0.0619 e. The first-order valence-corrected chi connectivity index (χ1v) is 20.1. The molecule has 0 nitrogen and oxygen atoms in total. The minimum Gasteiger partial charge on any atom is -0.0619 e. The van der Waals surface area contributed by atoms with Crippen molar-refractivity contribution in [2.75, 3.05) is 0 Å². The van der Waals surface area contributed by atoms with E-state index in [-0.39, 0.29) is 10.8 Å². The van der Waals surface area contributed by atoms with Crippen LogP contribution in [-0.2, 0) is 23.7 Å². The maximum absolute atomic E-state index is 2.48. The Bertz CT molecular complexity index is 2700. The Hall–Kier alpha value is -6.24. The van der Waals surface area contributed by atoms with Crippen molar-refractivity contribution in [1.82, 2.24) is 0 Å². The summed E-state index contributed by atoms with van der Waals surface area (Å²) in [4.78, 5) is 0. The average molecular weight is 719 g/mol. The van der Waals surface area contributed by atoms with Crippen LogP contribution in [0.2, 0.25) is 0 Å². The largest absolute Gasteiger partial charge is 0.0713 e. The molecule has 1 unspecified atom stereocenters. The van der Waals surface area contributed by atoms with Crippen molar-refractivity contribution < 1.29 is 0 Å². The summed E-state index contributed by atoms with van der Waals surface area (Å²) in [5, 5.41) is 0. The highest BCUT2D eigenvalue weighted by molar-refractivity contribution is 5.89. The van der Waals surface area contributed by atoms with Gasteiger partial charge in [0.15, 0.2) is 0 Å². The van der Waals surface area contributed by atoms with Crippen LogP contribution in [0.25, 0.3) is 22.3 Å². The molecule has 0 aromatic heterocycles. The van der Waals surface area contributed by atoms with Crippen molar-refractivity contribution in [3.05, 3.63) is 260 Å². The van der Waals surface area contributed by atoms with Crippen molar-refractivity contribution in [2.24, 2.45) is 0 Å². The Morgan fingerprint density at radius 2 is 0.732 bits per heavy atom. The van der Waals surface area contributed by atoms with Gasteiger partial charge in [0.25, 0.3) is 0 Å². The Balaban J connectivity index is 1.02. The number of hydrogen-bond acceptors (Lipinski definition) is 0. The fourth-order valence-corrected chi connectivity index (χ4v) is 10.2. The molecule has 0 heterocycles. The summed E-state index contributed by atoms with van der Waals surface area (Å²) in [6, 6.07) is 69.5. The number of fused-ring (bicyclic) bond motifs is 6. The van der Waals surface area contributed by atoms with Crippen molar-refractivity contribution in [3.8, 4) is 22.3 Å². The van der Waals surface area contributed by atoms with Crippen molar-refractivity contribution in [2.45, 2.75) is 51.4 Å². The third-order valence-corrected chi connectivity index (χ3v) is 12.9. The summed E-state index contributed by atoms with van der Waals surface area (Å²) in [6.45, 7) is 8.78. The number of hydrogen-bond donors (Lipinski definition) is 0. The van der Waals surface area contributed by atoms with Gasteiger partial charge in [0, 0.05) is 0 Å². The van der Waals surface area contributed by atoms with Gasteiger partial charge in [-0.2, -0.15) is 0 Å². The fraction of sp³-hybridized carbons (Fsp3) is 0.143. The molecule has 8 aromatic carbocycles. The van der Waals surface area contributed by atoms with E-state index in [0.717, 1.165) is 12.8 Å². The fourth-order valence-electron chi connectivity index (χ4n) is 10.2. The lowest BCUT2D eigenvalue weighted by atomic mass is 9.67. The summed E-state index contributed by atoms with van der Waals surface area (Å²) >= 11 is 0. The van der Waals surface area contributed by atoms with Crippen LogP contribution in [-0.4, -0.2) is 0 Å². The molecule has 0 bridgehead atoms. The van der Waals surface area contributed by atoms with Crippen molar-refractivity contribution in [3.63, 3.8) is 0 Å². The first kappa shape index (κ1) is 34.3. The topological polar surface area (TPSA) is 0 Å². The van der Waals surface area contributed by atoms with E-state index >= 15 is 0 Å². The van der Waals surface area contributed by atoms with Gasteiger partial charge < -0.3 is 0 Å². The molecule has 0 radical (unpaired) electrons. The molecule has 0 heteroatoms. The van der Waals surface area contributed by atoms with E-state index in [1.165, 1.54) is 100 Å². The van der Waals surface area contributed by atoms with Crippen LogP contribution in [0.4, 0.5) is 0 Å². The van der Waals surface area contributed by atoms with E-state index in [2.05, 4.69) is 210 Å². The molecule has 0 spiro atoms. The van der Waals surface area contributed by atoms with Gasteiger partial charge in [-0.05, 0) is 124 Å². The first-order valence-electron chi connectivity index (χ1n) is 20.1. The molecule has 0 N–H and O–H groups in total. The molecule has 8 aromatic rings. The van der Waals surface area contributed by atoms with Crippen LogP contribution >= 0.6 is 0 Å². The lowest BCUT2D eigenvalue weighted by Gasteiger charge is -2.34. The molecule has 56 heavy (non-hydrogen) atoms. The SMILES string of the molecule is Cc1ccc(C2(c3ccc(C)cc3)c3ccccc3-c3cc(CCc4ccc(C5(c6ccc(C)cc6)c6ccccc6-c6c(C)cccc65)cc4)ccc32)cc1. The molecule has 1 atom stereocenters. The van der Waals surface area contributed by atoms with Crippen LogP contribution in [0.15, 0.2) is 182 Å². The zero-order chi connectivity index (χ0) is 38.0. The molecule has 0 saturated carbocycles. The number of aryl methyl sites for hydroxylation is 6. The van der Waals surface area contributed by atoms with Crippen LogP contribution in [0, 0.1) is 27.7 Å². The van der Waals surface area contributed by atoms with E-state index in [9.17, 15) is 0 Å². The number of benzene rings is 8. The molecular weight excluding hydrogens is 673 g/mol. The predicted molar refractivity (Wildman–Crippen MR) is 234 cm³/mol. The maximum atomic E-state index is 2.48. The van der Waals surface area contributed by atoms with Gasteiger partial charge in [-0.15, -0.1) is 0 Å². The van der Waals surface area contributed by atoms with Gasteiger partial charge in [-0.1, -0.05) is 199 Å². The van der Waals surface area contributed by atoms with Crippen LogP contribution in [0.5, 0.6) is 0 Å². The summed E-state index contributed by atoms with van der Waals surface area (Å²) in [6.07, 6.45) is 1.95. The van der Waals surface area contributed by atoms with E-state index in [1.54, 1.807) is 0 Å². The van der Waals surface area contributed by atoms with Gasteiger partial charge in [0.2, 0.25) is 0 Å².